The lowest BCUT2D eigenvalue weighted by molar-refractivity contribution is -0.137. The van der Waals surface area contributed by atoms with Gasteiger partial charge in [0.1, 0.15) is 5.75 Å². The summed E-state index contributed by atoms with van der Waals surface area (Å²) in [5.41, 5.74) is 2.31. The van der Waals surface area contributed by atoms with Crippen LogP contribution in [-0.4, -0.2) is 18.2 Å². The number of hydrogen-bond donors (Lipinski definition) is 1. The zero-order valence-electron chi connectivity index (χ0n) is 11.8. The summed E-state index contributed by atoms with van der Waals surface area (Å²) in [6, 6.07) is 6.18. The second-order valence-corrected chi connectivity index (χ2v) is 5.70. The highest BCUT2D eigenvalue weighted by Gasteiger charge is 2.35. The lowest BCUT2D eigenvalue weighted by Gasteiger charge is -2.20. The first-order chi connectivity index (χ1) is 9.02. The summed E-state index contributed by atoms with van der Waals surface area (Å²) in [4.78, 5) is 11.1. The molecule has 19 heavy (non-hydrogen) atoms. The van der Waals surface area contributed by atoms with Gasteiger partial charge in [0.15, 0.2) is 0 Å². The molecule has 104 valence electrons. The van der Waals surface area contributed by atoms with Crippen molar-refractivity contribution in [2.75, 3.05) is 7.11 Å². The van der Waals surface area contributed by atoms with Crippen molar-refractivity contribution < 1.29 is 14.6 Å². The predicted octanol–water partition coefficient (Wildman–Crippen LogP) is 3.79. The summed E-state index contributed by atoms with van der Waals surface area (Å²) >= 11 is 0. The molecule has 1 N–H and O–H groups in total. The highest BCUT2D eigenvalue weighted by atomic mass is 16.5. The number of carbonyl (C=O) groups is 1. The minimum atomic E-state index is -0.728. The maximum Gasteiger partial charge on any atom is 0.303 e. The van der Waals surface area contributed by atoms with E-state index in [2.05, 4.69) is 26.0 Å². The molecule has 0 spiro atoms. The maximum absolute atomic E-state index is 11.1. The van der Waals surface area contributed by atoms with Crippen LogP contribution in [0.1, 0.15) is 56.1 Å². The van der Waals surface area contributed by atoms with E-state index in [9.17, 15) is 4.79 Å². The largest absolute Gasteiger partial charge is 0.496 e. The van der Waals surface area contributed by atoms with Crippen LogP contribution in [0.4, 0.5) is 0 Å². The Hall–Kier alpha value is -1.51. The standard InChI is InChI=1S/C16H22O3/c1-10(2)12-6-7-15(19-3)14(8-12)13(9-16(17)18)11-4-5-11/h6-8,10-11,13H,4-5,9H2,1-3H3,(H,17,18). The number of hydrogen-bond acceptors (Lipinski definition) is 2. The van der Waals surface area contributed by atoms with Crippen LogP contribution in [0.2, 0.25) is 0 Å². The topological polar surface area (TPSA) is 46.5 Å². The van der Waals surface area contributed by atoms with E-state index in [0.29, 0.717) is 11.8 Å². The van der Waals surface area contributed by atoms with Gasteiger partial charge in [-0.25, -0.2) is 0 Å². The molecule has 0 aliphatic heterocycles. The molecule has 1 saturated carbocycles. The number of carboxylic acids is 1. The molecule has 1 atom stereocenters. The normalized spacial score (nSPS) is 16.4. The highest BCUT2D eigenvalue weighted by molar-refractivity contribution is 5.68. The Morgan fingerprint density at radius 2 is 2.11 bits per heavy atom. The van der Waals surface area contributed by atoms with Crippen molar-refractivity contribution >= 4 is 5.97 Å². The van der Waals surface area contributed by atoms with E-state index in [1.165, 1.54) is 5.56 Å². The Balaban J connectivity index is 2.37. The van der Waals surface area contributed by atoms with Gasteiger partial charge in [0.05, 0.1) is 13.5 Å². The van der Waals surface area contributed by atoms with Crippen molar-refractivity contribution in [3.63, 3.8) is 0 Å². The number of rotatable bonds is 6. The van der Waals surface area contributed by atoms with Crippen molar-refractivity contribution in [1.29, 1.82) is 0 Å². The fraction of sp³-hybridized carbons (Fsp3) is 0.562. The molecule has 0 amide bonds. The summed E-state index contributed by atoms with van der Waals surface area (Å²) < 4.78 is 5.43. The SMILES string of the molecule is COc1ccc(C(C)C)cc1C(CC(=O)O)C1CC1. The van der Waals surface area contributed by atoms with Crippen LogP contribution in [0.3, 0.4) is 0 Å². The van der Waals surface area contributed by atoms with Crippen molar-refractivity contribution in [2.24, 2.45) is 5.92 Å². The van der Waals surface area contributed by atoms with Gasteiger partial charge >= 0.3 is 5.97 Å². The zero-order chi connectivity index (χ0) is 14.0. The van der Waals surface area contributed by atoms with Gasteiger partial charge in [-0.15, -0.1) is 0 Å². The van der Waals surface area contributed by atoms with Crippen LogP contribution in [0.5, 0.6) is 5.75 Å². The molecule has 0 aromatic heterocycles. The lowest BCUT2D eigenvalue weighted by Crippen LogP contribution is -2.10. The summed E-state index contributed by atoms with van der Waals surface area (Å²) in [6.07, 6.45) is 2.46. The van der Waals surface area contributed by atoms with Gasteiger partial charge in [0, 0.05) is 5.92 Å². The van der Waals surface area contributed by atoms with Gasteiger partial charge in [-0.05, 0) is 41.9 Å². The van der Waals surface area contributed by atoms with Crippen molar-refractivity contribution in [3.05, 3.63) is 29.3 Å². The molecule has 0 heterocycles. The number of aliphatic carboxylic acids is 1. The van der Waals surface area contributed by atoms with Crippen LogP contribution >= 0.6 is 0 Å². The first-order valence-corrected chi connectivity index (χ1v) is 6.92. The number of carboxylic acid groups (broad SMARTS) is 1. The molecule has 3 nitrogen and oxygen atoms in total. The first kappa shape index (κ1) is 13.9. The molecule has 0 saturated heterocycles. The van der Waals surface area contributed by atoms with E-state index < -0.39 is 5.97 Å². The van der Waals surface area contributed by atoms with E-state index in [1.54, 1.807) is 7.11 Å². The highest BCUT2D eigenvalue weighted by Crippen LogP contribution is 2.47. The summed E-state index contributed by atoms with van der Waals surface area (Å²) in [6.45, 7) is 4.30. The molecule has 3 heteroatoms. The number of benzene rings is 1. The van der Waals surface area contributed by atoms with E-state index in [4.69, 9.17) is 9.84 Å². The molecular formula is C16H22O3. The molecule has 1 fully saturated rings. The molecule has 0 bridgehead atoms. The zero-order valence-corrected chi connectivity index (χ0v) is 11.8. The van der Waals surface area contributed by atoms with Crippen molar-refractivity contribution in [1.82, 2.24) is 0 Å². The van der Waals surface area contributed by atoms with Gasteiger partial charge in [0.25, 0.3) is 0 Å². The Morgan fingerprint density at radius 3 is 2.58 bits per heavy atom. The van der Waals surface area contributed by atoms with Gasteiger partial charge in [-0.2, -0.15) is 0 Å². The average Bonchev–Trinajstić information content (AvgIpc) is 3.19. The van der Waals surface area contributed by atoms with E-state index in [1.807, 2.05) is 6.07 Å². The van der Waals surface area contributed by atoms with Crippen molar-refractivity contribution in [2.45, 2.75) is 44.9 Å². The van der Waals surface area contributed by atoms with Gasteiger partial charge < -0.3 is 9.84 Å². The molecule has 1 unspecified atom stereocenters. The fourth-order valence-corrected chi connectivity index (χ4v) is 2.62. The van der Waals surface area contributed by atoms with E-state index >= 15 is 0 Å². The second-order valence-electron chi connectivity index (χ2n) is 5.70. The Morgan fingerprint density at radius 1 is 1.42 bits per heavy atom. The number of ether oxygens (including phenoxy) is 1. The molecule has 1 aliphatic carbocycles. The minimum absolute atomic E-state index is 0.0890. The molecule has 1 aromatic rings. The fourth-order valence-electron chi connectivity index (χ4n) is 2.62. The van der Waals surface area contributed by atoms with E-state index in [0.717, 1.165) is 24.2 Å². The molecule has 0 radical (unpaired) electrons. The van der Waals surface area contributed by atoms with Crippen molar-refractivity contribution in [3.8, 4) is 5.75 Å². The molecule has 2 rings (SSSR count). The Labute approximate surface area is 114 Å². The minimum Gasteiger partial charge on any atom is -0.496 e. The smallest absolute Gasteiger partial charge is 0.303 e. The summed E-state index contributed by atoms with van der Waals surface area (Å²) in [5.74, 6) is 1.13. The third-order valence-electron chi connectivity index (χ3n) is 3.91. The lowest BCUT2D eigenvalue weighted by atomic mass is 9.87. The maximum atomic E-state index is 11.1. The van der Waals surface area contributed by atoms with Crippen LogP contribution in [0, 0.1) is 5.92 Å². The molecular weight excluding hydrogens is 240 g/mol. The van der Waals surface area contributed by atoms with Crippen LogP contribution < -0.4 is 4.74 Å². The molecule has 1 aromatic carbocycles. The van der Waals surface area contributed by atoms with Gasteiger partial charge in [-0.1, -0.05) is 26.0 Å². The second kappa shape index (κ2) is 5.64. The number of methoxy groups -OCH3 is 1. The predicted molar refractivity (Wildman–Crippen MR) is 74.8 cm³/mol. The van der Waals surface area contributed by atoms with Crippen LogP contribution in [0.15, 0.2) is 18.2 Å². The van der Waals surface area contributed by atoms with Gasteiger partial charge in [-0.3, -0.25) is 4.79 Å². The quantitative estimate of drug-likeness (QED) is 0.848. The van der Waals surface area contributed by atoms with E-state index in [-0.39, 0.29) is 12.3 Å². The monoisotopic (exact) mass is 262 g/mol. The third-order valence-corrected chi connectivity index (χ3v) is 3.91. The molecule has 1 aliphatic rings. The Kier molecular flexibility index (Phi) is 4.13. The summed E-state index contributed by atoms with van der Waals surface area (Å²) in [5, 5.41) is 9.12. The Bertz CT molecular complexity index is 461. The van der Waals surface area contributed by atoms with Crippen LogP contribution in [-0.2, 0) is 4.79 Å². The average molecular weight is 262 g/mol. The third kappa shape index (κ3) is 3.28. The summed E-state index contributed by atoms with van der Waals surface area (Å²) in [7, 11) is 1.65. The first-order valence-electron chi connectivity index (χ1n) is 6.92. The van der Waals surface area contributed by atoms with Gasteiger partial charge in [0.2, 0.25) is 0 Å². The van der Waals surface area contributed by atoms with Crippen LogP contribution in [0.25, 0.3) is 0 Å².